The summed E-state index contributed by atoms with van der Waals surface area (Å²) >= 11 is 0. The predicted molar refractivity (Wildman–Crippen MR) is 107 cm³/mol. The second kappa shape index (κ2) is 8.54. The number of carboxylic acids is 1. The first-order valence-corrected chi connectivity index (χ1v) is 10.5. The Hall–Kier alpha value is -3.04. The summed E-state index contributed by atoms with van der Waals surface area (Å²) in [5.74, 6) is -0.552. The Morgan fingerprint density at radius 1 is 1.10 bits per heavy atom. The minimum absolute atomic E-state index is 0.0416. The van der Waals surface area contributed by atoms with E-state index in [0.717, 1.165) is 11.1 Å². The summed E-state index contributed by atoms with van der Waals surface area (Å²) in [4.78, 5) is 15.1. The number of nitrogens with zero attached hydrogens (tertiary/aromatic N) is 2. The molecular weight excluding hydrogens is 394 g/mol. The fourth-order valence-corrected chi connectivity index (χ4v) is 3.81. The maximum atomic E-state index is 12.4. The van der Waals surface area contributed by atoms with Crippen LogP contribution >= 0.6 is 0 Å². The second-order valence-corrected chi connectivity index (χ2v) is 8.64. The lowest BCUT2D eigenvalue weighted by molar-refractivity contribution is -0.137. The minimum atomic E-state index is -3.74. The van der Waals surface area contributed by atoms with E-state index in [1.54, 1.807) is 19.1 Å². The van der Waals surface area contributed by atoms with Gasteiger partial charge in [0.05, 0.1) is 4.90 Å². The van der Waals surface area contributed by atoms with E-state index < -0.39 is 16.0 Å². The van der Waals surface area contributed by atoms with Gasteiger partial charge < -0.3 is 9.63 Å². The van der Waals surface area contributed by atoms with Crippen molar-refractivity contribution in [2.24, 2.45) is 5.92 Å². The van der Waals surface area contributed by atoms with Crippen LogP contribution in [0.2, 0.25) is 0 Å². The lowest BCUT2D eigenvalue weighted by Crippen LogP contribution is -2.29. The lowest BCUT2D eigenvalue weighted by atomic mass is 10.1. The Kier molecular flexibility index (Phi) is 6.09. The van der Waals surface area contributed by atoms with Crippen molar-refractivity contribution in [3.63, 3.8) is 0 Å². The van der Waals surface area contributed by atoms with Gasteiger partial charge in [0.2, 0.25) is 15.8 Å². The van der Waals surface area contributed by atoms with Crippen LogP contribution in [0.3, 0.4) is 0 Å². The Balaban J connectivity index is 1.71. The quantitative estimate of drug-likeness (QED) is 0.579. The molecule has 0 saturated heterocycles. The van der Waals surface area contributed by atoms with Crippen molar-refractivity contribution in [3.8, 4) is 22.8 Å². The largest absolute Gasteiger partial charge is 0.481 e. The van der Waals surface area contributed by atoms with E-state index in [1.165, 1.54) is 12.1 Å². The SMILES string of the molecule is Cc1ccc(-c2noc(-c3ccc(S(=O)(=O)NC[C@H](C)CC(=O)O)cc3)n2)cc1. The topological polar surface area (TPSA) is 122 Å². The molecule has 3 aromatic rings. The number of carbonyl (C=O) groups is 1. The number of benzene rings is 2. The van der Waals surface area contributed by atoms with Crippen LogP contribution in [0.15, 0.2) is 57.9 Å². The summed E-state index contributed by atoms with van der Waals surface area (Å²) in [6.45, 7) is 3.70. The fraction of sp³-hybridized carbons (Fsp3) is 0.250. The molecule has 0 aliphatic carbocycles. The number of aliphatic carboxylic acids is 1. The molecule has 0 unspecified atom stereocenters. The highest BCUT2D eigenvalue weighted by molar-refractivity contribution is 7.89. The van der Waals surface area contributed by atoms with Crippen molar-refractivity contribution in [1.82, 2.24) is 14.9 Å². The molecule has 0 fully saturated rings. The van der Waals surface area contributed by atoms with Crippen molar-refractivity contribution in [3.05, 3.63) is 54.1 Å². The van der Waals surface area contributed by atoms with E-state index in [0.29, 0.717) is 11.4 Å². The molecule has 9 heteroatoms. The van der Waals surface area contributed by atoms with Crippen molar-refractivity contribution < 1.29 is 22.8 Å². The molecule has 3 rings (SSSR count). The van der Waals surface area contributed by atoms with Crippen molar-refractivity contribution in [2.75, 3.05) is 6.54 Å². The molecule has 1 heterocycles. The van der Waals surface area contributed by atoms with Crippen LogP contribution in [0.4, 0.5) is 0 Å². The van der Waals surface area contributed by atoms with E-state index in [4.69, 9.17) is 9.63 Å². The summed E-state index contributed by atoms with van der Waals surface area (Å²) < 4.78 is 32.5. The summed E-state index contributed by atoms with van der Waals surface area (Å²) in [5, 5.41) is 12.7. The van der Waals surface area contributed by atoms with Gasteiger partial charge in [0, 0.05) is 24.1 Å². The highest BCUT2D eigenvalue weighted by Gasteiger charge is 2.17. The molecule has 8 nitrogen and oxygen atoms in total. The Bertz CT molecular complexity index is 1090. The molecule has 152 valence electrons. The van der Waals surface area contributed by atoms with E-state index in [2.05, 4.69) is 14.9 Å². The number of nitrogens with one attached hydrogen (secondary N) is 1. The van der Waals surface area contributed by atoms with Crippen molar-refractivity contribution >= 4 is 16.0 Å². The molecule has 2 N–H and O–H groups in total. The number of hydrogen-bond donors (Lipinski definition) is 2. The molecule has 0 amide bonds. The van der Waals surface area contributed by atoms with Gasteiger partial charge in [-0.15, -0.1) is 0 Å². The van der Waals surface area contributed by atoms with Gasteiger partial charge in [-0.2, -0.15) is 4.98 Å². The van der Waals surface area contributed by atoms with Gasteiger partial charge in [-0.1, -0.05) is 41.9 Å². The molecule has 1 atom stereocenters. The Morgan fingerprint density at radius 2 is 1.72 bits per heavy atom. The fourth-order valence-electron chi connectivity index (χ4n) is 2.64. The Labute approximate surface area is 168 Å². The molecule has 0 aliphatic heterocycles. The first-order valence-electron chi connectivity index (χ1n) is 8.97. The normalized spacial score (nSPS) is 12.6. The highest BCUT2D eigenvalue weighted by Crippen LogP contribution is 2.23. The summed E-state index contributed by atoms with van der Waals surface area (Å²) in [6, 6.07) is 13.8. The molecule has 0 radical (unpaired) electrons. The number of aromatic nitrogens is 2. The summed E-state index contributed by atoms with van der Waals surface area (Å²) in [6.07, 6.45) is -0.109. The second-order valence-electron chi connectivity index (χ2n) is 6.87. The number of hydrogen-bond acceptors (Lipinski definition) is 6. The van der Waals surface area contributed by atoms with Gasteiger partial charge in [0.15, 0.2) is 0 Å². The number of sulfonamides is 1. The monoisotopic (exact) mass is 415 g/mol. The summed E-state index contributed by atoms with van der Waals surface area (Å²) in [5.41, 5.74) is 2.54. The Morgan fingerprint density at radius 3 is 2.34 bits per heavy atom. The number of carboxylic acid groups (broad SMARTS) is 1. The van der Waals surface area contributed by atoms with E-state index >= 15 is 0 Å². The average molecular weight is 415 g/mol. The third kappa shape index (κ3) is 5.27. The molecule has 0 spiro atoms. The van der Waals surface area contributed by atoms with Crippen LogP contribution in [0.5, 0.6) is 0 Å². The van der Waals surface area contributed by atoms with Crippen LogP contribution < -0.4 is 4.72 Å². The zero-order valence-electron chi connectivity index (χ0n) is 16.0. The third-order valence-corrected chi connectivity index (χ3v) is 5.73. The molecule has 29 heavy (non-hydrogen) atoms. The first-order chi connectivity index (χ1) is 13.7. The van der Waals surface area contributed by atoms with Gasteiger partial charge >= 0.3 is 5.97 Å². The lowest BCUT2D eigenvalue weighted by Gasteiger charge is -2.11. The van der Waals surface area contributed by atoms with E-state index in [9.17, 15) is 13.2 Å². The first kappa shape index (κ1) is 20.7. The molecule has 0 saturated carbocycles. The average Bonchev–Trinajstić information content (AvgIpc) is 3.17. The molecular formula is C20H21N3O5S. The summed E-state index contributed by atoms with van der Waals surface area (Å²) in [7, 11) is -3.74. The number of aryl methyl sites for hydroxylation is 1. The molecule has 0 bridgehead atoms. The number of rotatable bonds is 8. The van der Waals surface area contributed by atoms with Crippen LogP contribution in [0, 0.1) is 12.8 Å². The molecule has 0 aliphatic rings. The van der Waals surface area contributed by atoms with Gasteiger partial charge in [-0.25, -0.2) is 13.1 Å². The van der Waals surface area contributed by atoms with Gasteiger partial charge in [-0.3, -0.25) is 4.79 Å². The predicted octanol–water partition coefficient (Wildman–Crippen LogP) is 3.10. The molecule has 1 aromatic heterocycles. The van der Waals surface area contributed by atoms with Crippen LogP contribution in [-0.2, 0) is 14.8 Å². The zero-order chi connectivity index (χ0) is 21.0. The van der Waals surface area contributed by atoms with Gasteiger partial charge in [0.1, 0.15) is 0 Å². The standard InChI is InChI=1S/C20H21N3O5S/c1-13-3-5-15(6-4-13)19-22-20(28-23-19)16-7-9-17(10-8-16)29(26,27)21-12-14(2)11-18(24)25/h3-10,14,21H,11-12H2,1-2H3,(H,24,25)/t14-/m1/s1. The highest BCUT2D eigenvalue weighted by atomic mass is 32.2. The smallest absolute Gasteiger partial charge is 0.303 e. The van der Waals surface area contributed by atoms with Crippen LogP contribution in [0.1, 0.15) is 18.9 Å². The van der Waals surface area contributed by atoms with Crippen LogP contribution in [0.25, 0.3) is 22.8 Å². The zero-order valence-corrected chi connectivity index (χ0v) is 16.8. The van der Waals surface area contributed by atoms with Gasteiger partial charge in [0.25, 0.3) is 5.89 Å². The molecule has 2 aromatic carbocycles. The van der Waals surface area contributed by atoms with Crippen LogP contribution in [-0.4, -0.2) is 36.2 Å². The third-order valence-electron chi connectivity index (χ3n) is 4.29. The minimum Gasteiger partial charge on any atom is -0.481 e. The van der Waals surface area contributed by atoms with E-state index in [-0.39, 0.29) is 29.7 Å². The van der Waals surface area contributed by atoms with Gasteiger partial charge in [-0.05, 0) is 37.1 Å². The maximum absolute atomic E-state index is 12.4. The van der Waals surface area contributed by atoms with Crippen molar-refractivity contribution in [2.45, 2.75) is 25.2 Å². The van der Waals surface area contributed by atoms with Crippen molar-refractivity contribution in [1.29, 1.82) is 0 Å². The maximum Gasteiger partial charge on any atom is 0.303 e. The van der Waals surface area contributed by atoms with E-state index in [1.807, 2.05) is 31.2 Å².